The molecule has 0 amide bonds. The van der Waals surface area contributed by atoms with E-state index in [1.807, 2.05) is 0 Å². The third-order valence-electron chi connectivity index (χ3n) is 2.32. The number of hydrogen-bond acceptors (Lipinski definition) is 6. The van der Waals surface area contributed by atoms with Gasteiger partial charge in [0.25, 0.3) is 6.29 Å². The van der Waals surface area contributed by atoms with E-state index in [4.69, 9.17) is 18.9 Å². The molecule has 2 rings (SSSR count). The van der Waals surface area contributed by atoms with Crippen molar-refractivity contribution in [3.05, 3.63) is 0 Å². The van der Waals surface area contributed by atoms with Gasteiger partial charge in [0.05, 0.1) is 0 Å². The largest absolute Gasteiger partial charge is 0.456 e. The molecule has 0 aromatic rings. The van der Waals surface area contributed by atoms with Gasteiger partial charge in [-0.2, -0.15) is 0 Å². The molecule has 2 aliphatic rings. The summed E-state index contributed by atoms with van der Waals surface area (Å²) in [4.78, 5) is 11.1. The predicted octanol–water partition coefficient (Wildman–Crippen LogP) is -0.256. The van der Waals surface area contributed by atoms with Gasteiger partial charge in [0, 0.05) is 0 Å². The number of hydrogen-bond donors (Lipinski definition) is 1. The van der Waals surface area contributed by atoms with Crippen LogP contribution < -0.4 is 0 Å². The maximum Gasteiger partial charge on any atom is 0.363 e. The summed E-state index contributed by atoms with van der Waals surface area (Å²) in [6.07, 6.45) is -3.42. The number of rotatable bonds is 0. The molecule has 4 atom stereocenters. The first-order valence-electron chi connectivity index (χ1n) is 4.79. The molecule has 2 fully saturated rings. The van der Waals surface area contributed by atoms with Crippen LogP contribution in [0.25, 0.3) is 0 Å². The molecule has 2 heterocycles. The van der Waals surface area contributed by atoms with Crippen molar-refractivity contribution in [2.45, 2.75) is 51.3 Å². The minimum Gasteiger partial charge on any atom is -0.456 e. The number of aliphatic hydroxyl groups excluding tert-OH is 1. The second kappa shape index (κ2) is 3.41. The molecule has 0 spiro atoms. The van der Waals surface area contributed by atoms with Crippen LogP contribution in [0.1, 0.15) is 20.8 Å². The molecule has 0 saturated carbocycles. The number of cyclic esters (lactones) is 1. The standard InChI is InChI=1S/C9H14O6/c1-4-5-8(15-9(2,3)14-5)13-7(11)6(10)12-4/h4-5,7-8,11H,1-3H3. The topological polar surface area (TPSA) is 74.2 Å². The Balaban J connectivity index is 2.17. The molecule has 1 N–H and O–H groups in total. The number of fused-ring (bicyclic) bond motifs is 1. The molecule has 0 bridgehead atoms. The fourth-order valence-corrected chi connectivity index (χ4v) is 1.67. The van der Waals surface area contributed by atoms with Crippen molar-refractivity contribution in [1.29, 1.82) is 0 Å². The van der Waals surface area contributed by atoms with Crippen LogP contribution in [-0.4, -0.2) is 41.7 Å². The zero-order chi connectivity index (χ0) is 11.2. The number of esters is 1. The number of carbonyl (C=O) groups is 1. The Morgan fingerprint density at radius 2 is 2.00 bits per heavy atom. The Morgan fingerprint density at radius 1 is 1.33 bits per heavy atom. The first-order chi connectivity index (χ1) is 6.89. The number of ether oxygens (including phenoxy) is 4. The minimum atomic E-state index is -1.61. The van der Waals surface area contributed by atoms with Gasteiger partial charge in [0.15, 0.2) is 12.1 Å². The van der Waals surface area contributed by atoms with E-state index in [1.54, 1.807) is 20.8 Å². The normalized spacial score (nSPS) is 44.4. The van der Waals surface area contributed by atoms with Gasteiger partial charge in [0.1, 0.15) is 12.2 Å². The highest BCUT2D eigenvalue weighted by Gasteiger charge is 2.49. The summed E-state index contributed by atoms with van der Waals surface area (Å²) < 4.78 is 20.8. The highest BCUT2D eigenvalue weighted by atomic mass is 16.9. The molecular formula is C9H14O6. The lowest BCUT2D eigenvalue weighted by Crippen LogP contribution is -2.34. The molecule has 2 aliphatic heterocycles. The van der Waals surface area contributed by atoms with Crippen LogP contribution in [0, 0.1) is 0 Å². The van der Waals surface area contributed by atoms with Crippen LogP contribution in [0.5, 0.6) is 0 Å². The Kier molecular flexibility index (Phi) is 2.46. The maximum atomic E-state index is 11.1. The highest BCUT2D eigenvalue weighted by molar-refractivity contribution is 5.73. The average molecular weight is 218 g/mol. The van der Waals surface area contributed by atoms with Crippen LogP contribution >= 0.6 is 0 Å². The fraction of sp³-hybridized carbons (Fsp3) is 0.889. The summed E-state index contributed by atoms with van der Waals surface area (Å²) in [5.41, 5.74) is 0. The van der Waals surface area contributed by atoms with Crippen molar-refractivity contribution in [2.75, 3.05) is 0 Å². The molecule has 0 radical (unpaired) electrons. The van der Waals surface area contributed by atoms with Crippen LogP contribution in [0.2, 0.25) is 0 Å². The summed E-state index contributed by atoms with van der Waals surface area (Å²) in [6, 6.07) is 0. The van der Waals surface area contributed by atoms with Crippen molar-refractivity contribution >= 4 is 5.97 Å². The number of carbonyl (C=O) groups excluding carboxylic acids is 1. The van der Waals surface area contributed by atoms with Crippen molar-refractivity contribution in [2.24, 2.45) is 0 Å². The Morgan fingerprint density at radius 3 is 2.67 bits per heavy atom. The molecule has 0 aromatic carbocycles. The second-order valence-corrected chi connectivity index (χ2v) is 4.10. The van der Waals surface area contributed by atoms with E-state index in [2.05, 4.69) is 0 Å². The molecule has 6 heteroatoms. The first kappa shape index (κ1) is 10.8. The highest BCUT2D eigenvalue weighted by Crippen LogP contribution is 2.33. The lowest BCUT2D eigenvalue weighted by Gasteiger charge is -2.20. The van der Waals surface area contributed by atoms with Gasteiger partial charge < -0.3 is 24.1 Å². The van der Waals surface area contributed by atoms with E-state index >= 15 is 0 Å². The van der Waals surface area contributed by atoms with E-state index in [1.165, 1.54) is 0 Å². The van der Waals surface area contributed by atoms with Gasteiger partial charge >= 0.3 is 5.97 Å². The summed E-state index contributed by atoms with van der Waals surface area (Å²) >= 11 is 0. The SMILES string of the molecule is CC1OC(=O)C(O)OC2OC(C)(C)OC12. The van der Waals surface area contributed by atoms with Crippen molar-refractivity contribution in [3.8, 4) is 0 Å². The third kappa shape index (κ3) is 1.98. The van der Waals surface area contributed by atoms with Gasteiger partial charge in [-0.3, -0.25) is 0 Å². The molecular weight excluding hydrogens is 204 g/mol. The van der Waals surface area contributed by atoms with Crippen LogP contribution in [0.15, 0.2) is 0 Å². The fourth-order valence-electron chi connectivity index (χ4n) is 1.67. The Hall–Kier alpha value is -0.690. The molecule has 0 aliphatic carbocycles. The van der Waals surface area contributed by atoms with E-state index < -0.39 is 36.5 Å². The average Bonchev–Trinajstić information content (AvgIpc) is 2.36. The van der Waals surface area contributed by atoms with E-state index in [0.717, 1.165) is 0 Å². The minimum absolute atomic E-state index is 0.513. The first-order valence-corrected chi connectivity index (χ1v) is 4.79. The predicted molar refractivity (Wildman–Crippen MR) is 46.5 cm³/mol. The molecule has 15 heavy (non-hydrogen) atoms. The third-order valence-corrected chi connectivity index (χ3v) is 2.32. The van der Waals surface area contributed by atoms with E-state index in [0.29, 0.717) is 0 Å². The molecule has 2 saturated heterocycles. The molecule has 0 aromatic heterocycles. The summed E-state index contributed by atoms with van der Waals surface area (Å²) in [5, 5.41) is 9.26. The summed E-state index contributed by atoms with van der Waals surface area (Å²) in [6.45, 7) is 5.12. The van der Waals surface area contributed by atoms with E-state index in [-0.39, 0.29) is 0 Å². The van der Waals surface area contributed by atoms with Gasteiger partial charge in [-0.25, -0.2) is 4.79 Å². The lowest BCUT2D eigenvalue weighted by atomic mass is 10.2. The lowest BCUT2D eigenvalue weighted by molar-refractivity contribution is -0.242. The maximum absolute atomic E-state index is 11.1. The molecule has 86 valence electrons. The Labute approximate surface area is 87.1 Å². The van der Waals surface area contributed by atoms with Gasteiger partial charge in [0.2, 0.25) is 0 Å². The zero-order valence-corrected chi connectivity index (χ0v) is 8.80. The van der Waals surface area contributed by atoms with Gasteiger partial charge in [-0.05, 0) is 20.8 Å². The van der Waals surface area contributed by atoms with Gasteiger partial charge in [-0.15, -0.1) is 0 Å². The van der Waals surface area contributed by atoms with Gasteiger partial charge in [-0.1, -0.05) is 0 Å². The van der Waals surface area contributed by atoms with Crippen molar-refractivity contribution in [1.82, 2.24) is 0 Å². The van der Waals surface area contributed by atoms with Crippen LogP contribution in [0.3, 0.4) is 0 Å². The zero-order valence-electron chi connectivity index (χ0n) is 8.80. The number of aliphatic hydroxyl groups is 1. The van der Waals surface area contributed by atoms with Crippen molar-refractivity contribution in [3.63, 3.8) is 0 Å². The quantitative estimate of drug-likeness (QED) is 0.565. The Bertz CT molecular complexity index is 276. The molecule has 4 unspecified atom stereocenters. The monoisotopic (exact) mass is 218 g/mol. The second-order valence-electron chi connectivity index (χ2n) is 4.10. The smallest absolute Gasteiger partial charge is 0.363 e. The van der Waals surface area contributed by atoms with Crippen molar-refractivity contribution < 1.29 is 28.8 Å². The summed E-state index contributed by atoms with van der Waals surface area (Å²) in [5.74, 6) is -1.62. The van der Waals surface area contributed by atoms with Crippen LogP contribution in [-0.2, 0) is 23.7 Å². The molecule has 6 nitrogen and oxygen atoms in total. The van der Waals surface area contributed by atoms with Crippen LogP contribution in [0.4, 0.5) is 0 Å². The van der Waals surface area contributed by atoms with E-state index in [9.17, 15) is 9.90 Å². The summed E-state index contributed by atoms with van der Waals surface area (Å²) in [7, 11) is 0.